The summed E-state index contributed by atoms with van der Waals surface area (Å²) in [5.74, 6) is 1.33. The molecule has 1 saturated heterocycles. The lowest BCUT2D eigenvalue weighted by atomic mass is 9.99. The molecule has 31 heavy (non-hydrogen) atoms. The first-order valence-corrected chi connectivity index (χ1v) is 14.9. The monoisotopic (exact) mass is 450 g/mol. The number of guanidine groups is 1. The van der Waals surface area contributed by atoms with E-state index in [-0.39, 0.29) is 15.1 Å². The van der Waals surface area contributed by atoms with Gasteiger partial charge in [-0.05, 0) is 54.1 Å². The second kappa shape index (κ2) is 8.66. The van der Waals surface area contributed by atoms with E-state index in [1.54, 1.807) is 0 Å². The zero-order valence-corrected chi connectivity index (χ0v) is 23.3. The van der Waals surface area contributed by atoms with E-state index in [2.05, 4.69) is 84.4 Å². The van der Waals surface area contributed by atoms with E-state index >= 15 is 0 Å². The number of unbranched alkanes of at least 4 members (excludes halogenated alkanes) is 1. The predicted molar refractivity (Wildman–Crippen MR) is 136 cm³/mol. The molecule has 0 aromatic rings. The average Bonchev–Trinajstić information content (AvgIpc) is 2.97. The van der Waals surface area contributed by atoms with Crippen LogP contribution < -0.4 is 10.6 Å². The van der Waals surface area contributed by atoms with Gasteiger partial charge in [-0.2, -0.15) is 0 Å². The molecule has 5 heteroatoms. The van der Waals surface area contributed by atoms with E-state index in [9.17, 15) is 0 Å². The summed E-state index contributed by atoms with van der Waals surface area (Å²) in [6.45, 7) is 25.0. The first kappa shape index (κ1) is 25.1. The highest BCUT2D eigenvalue weighted by Crippen LogP contribution is 2.62. The second-order valence-electron chi connectivity index (χ2n) is 13.8. The van der Waals surface area contributed by atoms with Crippen LogP contribution in [0.5, 0.6) is 0 Å². The summed E-state index contributed by atoms with van der Waals surface area (Å²) in [6, 6.07) is 2.73. The van der Waals surface area contributed by atoms with Gasteiger partial charge >= 0.3 is 5.96 Å². The summed E-state index contributed by atoms with van der Waals surface area (Å²) in [6.07, 6.45) is 9.03. The largest absolute Gasteiger partial charge is 0.415 e. The van der Waals surface area contributed by atoms with Crippen molar-refractivity contribution >= 4 is 14.3 Å². The fraction of sp³-hybridized carbons (Fsp3) is 0.962. The molecule has 0 aromatic heterocycles. The SMILES string of the molecule is C[C@@H]1C[C@@H]2CC[C@@H]3C[C@H](CCCCO[Si](C(C)(C)C)(C(C)(C)C)C(C)(C)C)NC(=[N+]32)N1. The summed E-state index contributed by atoms with van der Waals surface area (Å²) >= 11 is 0. The molecule has 2 N–H and O–H groups in total. The highest BCUT2D eigenvalue weighted by molar-refractivity contribution is 6.82. The van der Waals surface area contributed by atoms with Crippen molar-refractivity contribution in [3.8, 4) is 0 Å². The molecule has 3 heterocycles. The molecule has 4 atom stereocenters. The number of rotatable bonds is 6. The number of nitrogens with one attached hydrogen (secondary N) is 2. The Kier molecular flexibility index (Phi) is 7.01. The Morgan fingerprint density at radius 2 is 1.39 bits per heavy atom. The van der Waals surface area contributed by atoms with Gasteiger partial charge in [0.15, 0.2) is 0 Å². The third-order valence-electron chi connectivity index (χ3n) is 8.22. The normalized spacial score (nSPS) is 29.5. The van der Waals surface area contributed by atoms with Crippen LogP contribution >= 0.6 is 0 Å². The molecule has 3 aliphatic heterocycles. The molecule has 1 fully saturated rings. The summed E-state index contributed by atoms with van der Waals surface area (Å²) in [4.78, 5) is 0. The fourth-order valence-corrected chi connectivity index (χ4v) is 16.7. The van der Waals surface area contributed by atoms with Crippen molar-refractivity contribution in [3.63, 3.8) is 0 Å². The Balaban J connectivity index is 1.56. The van der Waals surface area contributed by atoms with Crippen LogP contribution in [0.25, 0.3) is 0 Å². The van der Waals surface area contributed by atoms with Crippen molar-refractivity contribution in [1.29, 1.82) is 0 Å². The van der Waals surface area contributed by atoms with Crippen molar-refractivity contribution in [1.82, 2.24) is 10.6 Å². The average molecular weight is 451 g/mol. The Bertz CT molecular complexity index is 632. The van der Waals surface area contributed by atoms with Gasteiger partial charge in [-0.15, -0.1) is 0 Å². The van der Waals surface area contributed by atoms with Gasteiger partial charge in [0.05, 0.1) is 24.2 Å². The van der Waals surface area contributed by atoms with Gasteiger partial charge in [-0.3, -0.25) is 15.2 Å². The minimum absolute atomic E-state index is 0.205. The molecule has 4 nitrogen and oxygen atoms in total. The van der Waals surface area contributed by atoms with Crippen LogP contribution in [0.1, 0.15) is 114 Å². The summed E-state index contributed by atoms with van der Waals surface area (Å²) in [5.41, 5.74) is 0. The number of hydrogen-bond acceptors (Lipinski definition) is 3. The topological polar surface area (TPSA) is 36.3 Å². The number of nitrogens with zero attached hydrogens (tertiary/aromatic N) is 1. The molecule has 180 valence electrons. The molecule has 0 saturated carbocycles. The van der Waals surface area contributed by atoms with Gasteiger partial charge in [0.1, 0.15) is 0 Å². The zero-order valence-electron chi connectivity index (χ0n) is 22.3. The van der Waals surface area contributed by atoms with Crippen LogP contribution in [0.4, 0.5) is 0 Å². The highest BCUT2D eigenvalue weighted by atomic mass is 28.4. The third-order valence-corrected chi connectivity index (χ3v) is 15.2. The molecule has 0 unspecified atom stereocenters. The quantitative estimate of drug-likeness (QED) is 0.289. The lowest BCUT2D eigenvalue weighted by Crippen LogP contribution is -2.62. The van der Waals surface area contributed by atoms with Gasteiger partial charge in [0, 0.05) is 19.4 Å². The maximum Gasteiger partial charge on any atom is 0.346 e. The van der Waals surface area contributed by atoms with E-state index < -0.39 is 8.32 Å². The first-order chi connectivity index (χ1) is 14.2. The lowest BCUT2D eigenvalue weighted by molar-refractivity contribution is -0.593. The Labute approximate surface area is 194 Å². The lowest BCUT2D eigenvalue weighted by Gasteiger charge is -2.58. The molecule has 3 aliphatic rings. The van der Waals surface area contributed by atoms with E-state index in [1.165, 1.54) is 50.9 Å². The Morgan fingerprint density at radius 3 is 1.94 bits per heavy atom. The predicted octanol–water partition coefficient (Wildman–Crippen LogP) is 6.16. The van der Waals surface area contributed by atoms with Gasteiger partial charge in [-0.25, -0.2) is 0 Å². The molecule has 0 aromatic carbocycles. The first-order valence-electron chi connectivity index (χ1n) is 13.0. The molecule has 0 amide bonds. The molecule has 3 rings (SSSR count). The second-order valence-corrected chi connectivity index (χ2v) is 19.9. The van der Waals surface area contributed by atoms with E-state index in [4.69, 9.17) is 4.43 Å². The van der Waals surface area contributed by atoms with Crippen LogP contribution in [0.15, 0.2) is 0 Å². The molecule has 0 aliphatic carbocycles. The van der Waals surface area contributed by atoms with E-state index in [0.29, 0.717) is 12.1 Å². The molecular formula is C26H52N3OSi+. The maximum absolute atomic E-state index is 7.05. The van der Waals surface area contributed by atoms with Gasteiger partial charge in [-0.1, -0.05) is 62.3 Å². The Morgan fingerprint density at radius 1 is 0.839 bits per heavy atom. The van der Waals surface area contributed by atoms with Gasteiger partial charge in [0.25, 0.3) is 0 Å². The van der Waals surface area contributed by atoms with Crippen LogP contribution in [-0.2, 0) is 4.43 Å². The zero-order chi connectivity index (χ0) is 23.2. The highest BCUT2D eigenvalue weighted by Gasteiger charge is 2.61. The molecule has 0 bridgehead atoms. The van der Waals surface area contributed by atoms with E-state index in [1.807, 2.05) is 0 Å². The van der Waals surface area contributed by atoms with Crippen molar-refractivity contribution in [3.05, 3.63) is 0 Å². The van der Waals surface area contributed by atoms with Crippen molar-refractivity contribution < 1.29 is 9.00 Å². The molecule has 0 spiro atoms. The number of hydrogen-bond donors (Lipinski definition) is 2. The minimum Gasteiger partial charge on any atom is -0.415 e. The van der Waals surface area contributed by atoms with Crippen molar-refractivity contribution in [2.75, 3.05) is 6.61 Å². The van der Waals surface area contributed by atoms with Crippen LogP contribution in [0.2, 0.25) is 15.1 Å². The van der Waals surface area contributed by atoms with Crippen LogP contribution in [0, 0.1) is 0 Å². The summed E-state index contributed by atoms with van der Waals surface area (Å²) < 4.78 is 9.73. The molecule has 0 radical (unpaired) electrons. The fourth-order valence-electron chi connectivity index (χ4n) is 8.19. The Hall–Kier alpha value is -0.553. The summed E-state index contributed by atoms with van der Waals surface area (Å²) in [5, 5.41) is 8.21. The minimum atomic E-state index is -2.07. The van der Waals surface area contributed by atoms with E-state index in [0.717, 1.165) is 18.7 Å². The maximum atomic E-state index is 7.05. The summed E-state index contributed by atoms with van der Waals surface area (Å²) in [7, 11) is -2.07. The van der Waals surface area contributed by atoms with Crippen LogP contribution in [0.3, 0.4) is 0 Å². The van der Waals surface area contributed by atoms with Crippen molar-refractivity contribution in [2.45, 2.75) is 153 Å². The van der Waals surface area contributed by atoms with Gasteiger partial charge < -0.3 is 4.43 Å². The van der Waals surface area contributed by atoms with Crippen LogP contribution in [-0.4, -0.2) is 49.6 Å². The third kappa shape index (κ3) is 4.73. The standard InChI is InChI=1S/C26H51N3OSi/c1-19-17-21-14-15-22-18-20(28-23(27-19)29(21)22)13-11-12-16-30-31(24(2,3)4,25(5,6)7)26(8,9)10/h19-22H,11-18H2,1-10H3,(H,27,28)/p+1/t19-,20+,21+,22-/m1/s1. The molecular weight excluding hydrogens is 398 g/mol. The van der Waals surface area contributed by atoms with Gasteiger partial charge in [0.2, 0.25) is 8.32 Å². The smallest absolute Gasteiger partial charge is 0.346 e. The van der Waals surface area contributed by atoms with Crippen molar-refractivity contribution in [2.24, 2.45) is 0 Å².